The van der Waals surface area contributed by atoms with Crippen molar-refractivity contribution >= 4 is 0 Å². The Morgan fingerprint density at radius 1 is 0.500 bits per heavy atom. The summed E-state index contributed by atoms with van der Waals surface area (Å²) in [5.74, 6) is 0. The molecular formula is C18H16O2. The summed E-state index contributed by atoms with van der Waals surface area (Å²) in [7, 11) is 0. The summed E-state index contributed by atoms with van der Waals surface area (Å²) in [5, 5.41) is 21.3. The van der Waals surface area contributed by atoms with Crippen molar-refractivity contribution in [2.45, 2.75) is 11.2 Å². The van der Waals surface area contributed by atoms with Crippen LogP contribution in [0.15, 0.2) is 85.0 Å². The lowest BCUT2D eigenvalue weighted by Crippen LogP contribution is -2.30. The van der Waals surface area contributed by atoms with E-state index < -0.39 is 11.2 Å². The number of aliphatic hydroxyl groups is 2. The topological polar surface area (TPSA) is 40.5 Å². The highest BCUT2D eigenvalue weighted by atomic mass is 16.3. The molecule has 0 amide bonds. The zero-order valence-electron chi connectivity index (χ0n) is 11.0. The molecule has 3 rings (SSSR count). The summed E-state index contributed by atoms with van der Waals surface area (Å²) in [6, 6.07) is 18.8. The third kappa shape index (κ3) is 2.20. The molecule has 100 valence electrons. The molecule has 2 aromatic carbocycles. The molecule has 1 aliphatic carbocycles. The number of benzene rings is 2. The van der Waals surface area contributed by atoms with Gasteiger partial charge >= 0.3 is 0 Å². The van der Waals surface area contributed by atoms with Gasteiger partial charge in [-0.3, -0.25) is 0 Å². The average molecular weight is 264 g/mol. The van der Waals surface area contributed by atoms with Crippen LogP contribution in [-0.2, 0) is 11.2 Å². The number of hydrogen-bond donors (Lipinski definition) is 2. The molecule has 0 saturated heterocycles. The molecule has 2 nitrogen and oxygen atoms in total. The normalized spacial score (nSPS) is 28.5. The van der Waals surface area contributed by atoms with E-state index in [1.807, 2.05) is 60.7 Å². The minimum absolute atomic E-state index is 0.780. The monoisotopic (exact) mass is 264 g/mol. The summed E-state index contributed by atoms with van der Waals surface area (Å²) in [5.41, 5.74) is -0.768. The molecule has 0 spiro atoms. The molecule has 1 aliphatic rings. The Bertz CT molecular complexity index is 570. The molecule has 0 bridgehead atoms. The van der Waals surface area contributed by atoms with Crippen molar-refractivity contribution in [2.24, 2.45) is 0 Å². The molecule has 2 N–H and O–H groups in total. The molecule has 2 aromatic rings. The lowest BCUT2D eigenvalue weighted by molar-refractivity contribution is 0.106. The maximum absolute atomic E-state index is 10.6. The maximum atomic E-state index is 10.6. The van der Waals surface area contributed by atoms with Gasteiger partial charge in [-0.05, 0) is 35.4 Å². The highest BCUT2D eigenvalue weighted by Gasteiger charge is 2.32. The average Bonchev–Trinajstić information content (AvgIpc) is 2.52. The second-order valence-corrected chi connectivity index (χ2v) is 5.05. The van der Waals surface area contributed by atoms with E-state index in [4.69, 9.17) is 0 Å². The van der Waals surface area contributed by atoms with Gasteiger partial charge in [0, 0.05) is 0 Å². The van der Waals surface area contributed by atoms with E-state index in [9.17, 15) is 10.2 Å². The quantitative estimate of drug-likeness (QED) is 0.819. The van der Waals surface area contributed by atoms with Crippen LogP contribution in [0.2, 0.25) is 0 Å². The van der Waals surface area contributed by atoms with Crippen LogP contribution in [0.3, 0.4) is 0 Å². The van der Waals surface area contributed by atoms with Crippen LogP contribution >= 0.6 is 0 Å². The predicted molar refractivity (Wildman–Crippen MR) is 79.0 cm³/mol. The van der Waals surface area contributed by atoms with Crippen molar-refractivity contribution in [3.05, 3.63) is 96.1 Å². The van der Waals surface area contributed by atoms with Gasteiger partial charge in [-0.2, -0.15) is 0 Å². The van der Waals surface area contributed by atoms with Crippen molar-refractivity contribution in [2.75, 3.05) is 0 Å². The van der Waals surface area contributed by atoms with Crippen molar-refractivity contribution in [3.63, 3.8) is 0 Å². The Balaban J connectivity index is 1.95. The van der Waals surface area contributed by atoms with Crippen LogP contribution in [0.1, 0.15) is 11.1 Å². The smallest absolute Gasteiger partial charge is 0.127 e. The van der Waals surface area contributed by atoms with Gasteiger partial charge in [-0.15, -0.1) is 0 Å². The summed E-state index contributed by atoms with van der Waals surface area (Å²) in [6.45, 7) is 0. The highest BCUT2D eigenvalue weighted by molar-refractivity contribution is 5.42. The van der Waals surface area contributed by atoms with Crippen LogP contribution in [-0.4, -0.2) is 10.2 Å². The summed E-state index contributed by atoms with van der Waals surface area (Å²) in [4.78, 5) is 0. The molecule has 0 heterocycles. The zero-order valence-corrected chi connectivity index (χ0v) is 11.0. The first-order valence-electron chi connectivity index (χ1n) is 6.59. The van der Waals surface area contributed by atoms with Gasteiger partial charge in [0.05, 0.1) is 0 Å². The molecule has 2 heteroatoms. The van der Waals surface area contributed by atoms with E-state index in [-0.39, 0.29) is 0 Å². The molecule has 0 aliphatic heterocycles. The van der Waals surface area contributed by atoms with Crippen molar-refractivity contribution in [3.8, 4) is 0 Å². The van der Waals surface area contributed by atoms with E-state index in [1.54, 1.807) is 24.3 Å². The Morgan fingerprint density at radius 3 is 1.10 bits per heavy atom. The van der Waals surface area contributed by atoms with Crippen LogP contribution in [0.5, 0.6) is 0 Å². The Kier molecular flexibility index (Phi) is 3.05. The van der Waals surface area contributed by atoms with E-state index >= 15 is 0 Å². The van der Waals surface area contributed by atoms with E-state index in [0.717, 1.165) is 11.1 Å². The summed E-state index contributed by atoms with van der Waals surface area (Å²) >= 11 is 0. The first kappa shape index (κ1) is 12.9. The number of rotatable bonds is 2. The molecule has 0 aromatic heterocycles. The van der Waals surface area contributed by atoms with Crippen LogP contribution < -0.4 is 0 Å². The lowest BCUT2D eigenvalue weighted by atomic mass is 9.82. The Hall–Kier alpha value is -2.16. The molecule has 0 saturated carbocycles. The van der Waals surface area contributed by atoms with Crippen LogP contribution in [0.25, 0.3) is 0 Å². The van der Waals surface area contributed by atoms with Gasteiger partial charge in [-0.1, -0.05) is 60.7 Å². The van der Waals surface area contributed by atoms with Crippen LogP contribution in [0.4, 0.5) is 0 Å². The van der Waals surface area contributed by atoms with Gasteiger partial charge in [0.1, 0.15) is 11.2 Å². The van der Waals surface area contributed by atoms with E-state index in [0.29, 0.717) is 0 Å². The lowest BCUT2D eigenvalue weighted by Gasteiger charge is -2.31. The predicted octanol–water partition coefficient (Wildman–Crippen LogP) is 2.89. The fourth-order valence-corrected chi connectivity index (χ4v) is 2.41. The van der Waals surface area contributed by atoms with E-state index in [2.05, 4.69) is 0 Å². The number of hydrogen-bond acceptors (Lipinski definition) is 2. The Morgan fingerprint density at radius 2 is 0.800 bits per heavy atom. The second-order valence-electron chi connectivity index (χ2n) is 5.05. The standard InChI is InChI=1S/C18H16O2/c19-17(15-7-3-1-4-8-15)11-13-18(20,14-12-17)16-9-5-2-6-10-16/h1-14,19-20H. The SMILES string of the molecule is OC1(c2ccccc2)C=CC(O)(c2ccccc2)C=C1. The molecular weight excluding hydrogens is 248 g/mol. The van der Waals surface area contributed by atoms with Gasteiger partial charge < -0.3 is 10.2 Å². The minimum atomic E-state index is -1.16. The zero-order chi connectivity index (χ0) is 14.1. The van der Waals surface area contributed by atoms with Crippen molar-refractivity contribution in [1.29, 1.82) is 0 Å². The van der Waals surface area contributed by atoms with Crippen molar-refractivity contribution < 1.29 is 10.2 Å². The fourth-order valence-electron chi connectivity index (χ4n) is 2.41. The van der Waals surface area contributed by atoms with Gasteiger partial charge in [0.25, 0.3) is 0 Å². The third-order valence-corrected chi connectivity index (χ3v) is 3.66. The molecule has 20 heavy (non-hydrogen) atoms. The van der Waals surface area contributed by atoms with Gasteiger partial charge in [0.15, 0.2) is 0 Å². The highest BCUT2D eigenvalue weighted by Crippen LogP contribution is 2.35. The molecule has 0 unspecified atom stereocenters. The fraction of sp³-hybridized carbons (Fsp3) is 0.111. The minimum Gasteiger partial charge on any atom is -0.377 e. The van der Waals surface area contributed by atoms with Gasteiger partial charge in [-0.25, -0.2) is 0 Å². The maximum Gasteiger partial charge on any atom is 0.127 e. The molecule has 0 atom stereocenters. The first-order valence-corrected chi connectivity index (χ1v) is 6.59. The van der Waals surface area contributed by atoms with Crippen molar-refractivity contribution in [1.82, 2.24) is 0 Å². The van der Waals surface area contributed by atoms with E-state index in [1.165, 1.54) is 0 Å². The summed E-state index contributed by atoms with van der Waals surface area (Å²) < 4.78 is 0. The second kappa shape index (κ2) is 4.75. The molecule has 0 fully saturated rings. The molecule has 0 radical (unpaired) electrons. The third-order valence-electron chi connectivity index (χ3n) is 3.66. The first-order chi connectivity index (χ1) is 9.62. The van der Waals surface area contributed by atoms with Crippen LogP contribution in [0, 0.1) is 0 Å². The van der Waals surface area contributed by atoms with Gasteiger partial charge in [0.2, 0.25) is 0 Å². The largest absolute Gasteiger partial charge is 0.377 e. The summed E-state index contributed by atoms with van der Waals surface area (Å²) in [6.07, 6.45) is 6.54. The Labute approximate surface area is 118 Å².